The molecule has 174 valence electrons. The average molecular weight is 454 g/mol. The molecule has 9 heteroatoms. The normalized spacial score (nSPS) is 18.3. The molecule has 1 N–H and O–H groups in total. The number of fused-ring (bicyclic) bond motifs is 2. The molecule has 0 amide bonds. The summed E-state index contributed by atoms with van der Waals surface area (Å²) in [6.07, 6.45) is 7.40. The summed E-state index contributed by atoms with van der Waals surface area (Å²) in [7, 11) is 1.52. The Bertz CT molecular complexity index is 1140. The lowest BCUT2D eigenvalue weighted by atomic mass is 9.89. The van der Waals surface area contributed by atoms with Gasteiger partial charge in [-0.15, -0.1) is 0 Å². The van der Waals surface area contributed by atoms with Gasteiger partial charge in [0.15, 0.2) is 6.29 Å². The molecular weight excluding hydrogens is 428 g/mol. The van der Waals surface area contributed by atoms with Crippen LogP contribution in [0.4, 0.5) is 0 Å². The number of hydrogen-bond acceptors (Lipinski definition) is 8. The van der Waals surface area contributed by atoms with Crippen molar-refractivity contribution in [1.82, 2.24) is 9.55 Å². The first-order valence-corrected chi connectivity index (χ1v) is 10.6. The number of carbonyl (C=O) groups is 2. The number of carbonyl (C=O) groups excluding carboxylic acids is 2. The van der Waals surface area contributed by atoms with Crippen molar-refractivity contribution in [2.45, 2.75) is 45.4 Å². The Hall–Kier alpha value is -3.59. The summed E-state index contributed by atoms with van der Waals surface area (Å²) >= 11 is 0. The van der Waals surface area contributed by atoms with E-state index >= 15 is 0 Å². The fourth-order valence-corrected chi connectivity index (χ4v) is 3.98. The molecule has 4 rings (SSSR count). The van der Waals surface area contributed by atoms with Crippen LogP contribution in [0.1, 0.15) is 31.9 Å². The van der Waals surface area contributed by atoms with E-state index in [1.54, 1.807) is 45.6 Å². The highest BCUT2D eigenvalue weighted by atomic mass is 16.6. The third kappa shape index (κ3) is 4.11. The average Bonchev–Trinajstić information content (AvgIpc) is 3.44. The summed E-state index contributed by atoms with van der Waals surface area (Å²) in [5, 5.41) is 10.5. The van der Waals surface area contributed by atoms with Gasteiger partial charge in [0.05, 0.1) is 36.8 Å². The molecule has 0 bridgehead atoms. The van der Waals surface area contributed by atoms with Crippen LogP contribution in [0.5, 0.6) is 17.2 Å². The molecule has 2 aromatic rings. The first-order chi connectivity index (χ1) is 15.8. The van der Waals surface area contributed by atoms with Crippen LogP contribution in [0.15, 0.2) is 42.2 Å². The van der Waals surface area contributed by atoms with Crippen molar-refractivity contribution in [3.63, 3.8) is 0 Å². The van der Waals surface area contributed by atoms with E-state index in [9.17, 15) is 14.7 Å². The summed E-state index contributed by atoms with van der Waals surface area (Å²) in [4.78, 5) is 28.8. The van der Waals surface area contributed by atoms with Crippen molar-refractivity contribution < 1.29 is 33.6 Å². The summed E-state index contributed by atoms with van der Waals surface area (Å²) in [6.45, 7) is 5.54. The number of hydrogen-bond donors (Lipinski definition) is 1. The molecule has 3 heterocycles. The number of nitrogens with zero attached hydrogens (tertiary/aromatic N) is 2. The number of aldehydes is 1. The predicted molar refractivity (Wildman–Crippen MR) is 118 cm³/mol. The third-order valence-electron chi connectivity index (χ3n) is 5.62. The Balaban J connectivity index is 1.90. The molecule has 2 aliphatic rings. The van der Waals surface area contributed by atoms with E-state index in [-0.39, 0.29) is 17.9 Å². The van der Waals surface area contributed by atoms with E-state index in [1.807, 2.05) is 10.6 Å². The summed E-state index contributed by atoms with van der Waals surface area (Å²) < 4.78 is 24.6. The zero-order valence-electron chi connectivity index (χ0n) is 19.0. The van der Waals surface area contributed by atoms with Gasteiger partial charge in [0.1, 0.15) is 23.4 Å². The molecule has 33 heavy (non-hydrogen) atoms. The zero-order valence-corrected chi connectivity index (χ0v) is 19.0. The molecule has 0 unspecified atom stereocenters. The van der Waals surface area contributed by atoms with Gasteiger partial charge < -0.3 is 28.6 Å². The van der Waals surface area contributed by atoms with E-state index < -0.39 is 17.7 Å². The van der Waals surface area contributed by atoms with E-state index in [4.69, 9.17) is 18.9 Å². The number of esters is 1. The molecule has 1 aromatic carbocycles. The Morgan fingerprint density at radius 3 is 2.79 bits per heavy atom. The highest BCUT2D eigenvalue weighted by Gasteiger charge is 2.41. The number of methoxy groups -OCH3 is 1. The van der Waals surface area contributed by atoms with Crippen LogP contribution < -0.4 is 14.2 Å². The second-order valence-corrected chi connectivity index (χ2v) is 8.28. The van der Waals surface area contributed by atoms with Crippen LogP contribution in [-0.4, -0.2) is 52.3 Å². The van der Waals surface area contributed by atoms with Crippen molar-refractivity contribution in [2.24, 2.45) is 0 Å². The Morgan fingerprint density at radius 2 is 2.18 bits per heavy atom. The van der Waals surface area contributed by atoms with Gasteiger partial charge in [-0.3, -0.25) is 4.79 Å². The summed E-state index contributed by atoms with van der Waals surface area (Å²) in [6, 6.07) is 1.66. The summed E-state index contributed by atoms with van der Waals surface area (Å²) in [5.41, 5.74) is 0.747. The number of aliphatic hydroxyl groups is 1. The molecule has 0 fully saturated rings. The highest BCUT2D eigenvalue weighted by Crippen LogP contribution is 2.51. The second kappa shape index (κ2) is 8.74. The maximum Gasteiger partial charge on any atom is 0.375 e. The number of rotatable bonds is 7. The zero-order chi connectivity index (χ0) is 23.8. The van der Waals surface area contributed by atoms with Gasteiger partial charge in [-0.05, 0) is 20.8 Å². The Kier molecular flexibility index (Phi) is 5.99. The van der Waals surface area contributed by atoms with Gasteiger partial charge in [0.25, 0.3) is 0 Å². The van der Waals surface area contributed by atoms with Crippen LogP contribution in [0.2, 0.25) is 0 Å². The van der Waals surface area contributed by atoms with Gasteiger partial charge in [-0.25, -0.2) is 9.78 Å². The molecular formula is C24H26N2O7. The van der Waals surface area contributed by atoms with Crippen molar-refractivity contribution in [2.75, 3.05) is 13.7 Å². The van der Waals surface area contributed by atoms with Gasteiger partial charge in [-0.1, -0.05) is 6.08 Å². The Morgan fingerprint density at radius 1 is 1.39 bits per heavy atom. The minimum atomic E-state index is -1.09. The van der Waals surface area contributed by atoms with Gasteiger partial charge in [0.2, 0.25) is 5.76 Å². The molecule has 1 atom stereocenters. The standard InChI is InChI=1S/C24H26N2O7/c1-5-31-23(28)22-16(12-27)14(6-8-26-9-7-25-13-26)20-18(33-22)11-17-15(21(20)30-4)10-19(32-17)24(2,3)29/h6-7,9,11-13,19,29H,5,8,10H2,1-4H3/t19-/m0/s1. The highest BCUT2D eigenvalue weighted by molar-refractivity contribution is 6.09. The molecule has 9 nitrogen and oxygen atoms in total. The maximum absolute atomic E-state index is 12.6. The first-order valence-electron chi connectivity index (χ1n) is 10.6. The topological polar surface area (TPSA) is 109 Å². The third-order valence-corrected chi connectivity index (χ3v) is 5.62. The van der Waals surface area contributed by atoms with E-state index in [0.717, 1.165) is 5.56 Å². The smallest absolute Gasteiger partial charge is 0.375 e. The van der Waals surface area contributed by atoms with Crippen molar-refractivity contribution in [3.8, 4) is 17.2 Å². The minimum absolute atomic E-state index is 0.0669. The molecule has 1 aromatic heterocycles. The van der Waals surface area contributed by atoms with Crippen LogP contribution in [0, 0.1) is 0 Å². The van der Waals surface area contributed by atoms with Crippen molar-refractivity contribution in [1.29, 1.82) is 0 Å². The number of aromatic nitrogens is 2. The van der Waals surface area contributed by atoms with Crippen LogP contribution in [-0.2, 0) is 27.3 Å². The monoisotopic (exact) mass is 454 g/mol. The van der Waals surface area contributed by atoms with Gasteiger partial charge in [0, 0.05) is 42.6 Å². The quantitative estimate of drug-likeness (QED) is 0.502. The van der Waals surface area contributed by atoms with Crippen molar-refractivity contribution >= 4 is 17.8 Å². The molecule has 0 saturated heterocycles. The lowest BCUT2D eigenvalue weighted by molar-refractivity contribution is -0.141. The number of allylic oxidation sites excluding steroid dienone is 3. The van der Waals surface area contributed by atoms with Gasteiger partial charge in [-0.2, -0.15) is 0 Å². The SMILES string of the molecule is CCOC(=O)C1=C(C=O)C(=CCn2ccnc2)c2c(cc3c(c2OC)C[C@@H](C(C)(C)O)O3)O1. The fourth-order valence-electron chi connectivity index (χ4n) is 3.98. The van der Waals surface area contributed by atoms with E-state index in [0.29, 0.717) is 47.6 Å². The molecule has 0 aliphatic carbocycles. The second-order valence-electron chi connectivity index (χ2n) is 8.28. The number of benzene rings is 1. The molecule has 0 saturated carbocycles. The first kappa shape index (κ1) is 22.6. The maximum atomic E-state index is 12.6. The minimum Gasteiger partial charge on any atom is -0.496 e. The Labute approximate surface area is 191 Å². The lowest BCUT2D eigenvalue weighted by Gasteiger charge is -2.25. The van der Waals surface area contributed by atoms with E-state index in [2.05, 4.69) is 4.98 Å². The lowest BCUT2D eigenvalue weighted by Crippen LogP contribution is -2.39. The fraction of sp³-hybridized carbons (Fsp3) is 0.375. The number of ether oxygens (including phenoxy) is 4. The van der Waals surface area contributed by atoms with Gasteiger partial charge >= 0.3 is 5.97 Å². The molecule has 0 radical (unpaired) electrons. The van der Waals surface area contributed by atoms with Crippen molar-refractivity contribution in [3.05, 3.63) is 53.3 Å². The largest absolute Gasteiger partial charge is 0.496 e. The molecule has 2 aliphatic heterocycles. The molecule has 0 spiro atoms. The predicted octanol–water partition coefficient (Wildman–Crippen LogP) is 2.46. The summed E-state index contributed by atoms with van der Waals surface area (Å²) in [5.74, 6) is 0.314. The van der Waals surface area contributed by atoms with Crippen LogP contribution in [0.25, 0.3) is 5.57 Å². The van der Waals surface area contributed by atoms with Crippen LogP contribution >= 0.6 is 0 Å². The number of imidazole rings is 1. The van der Waals surface area contributed by atoms with Crippen LogP contribution in [0.3, 0.4) is 0 Å². The van der Waals surface area contributed by atoms with E-state index in [1.165, 1.54) is 7.11 Å².